The molecule has 0 aliphatic carbocycles. The van der Waals surface area contributed by atoms with Gasteiger partial charge in [-0.3, -0.25) is 0 Å². The first kappa shape index (κ1) is 15.3. The van der Waals surface area contributed by atoms with Crippen molar-refractivity contribution >= 4 is 5.57 Å². The second-order valence-electron chi connectivity index (χ2n) is 7.91. The maximum absolute atomic E-state index is 6.04. The fourth-order valence-electron chi connectivity index (χ4n) is 2.83. The third-order valence-corrected chi connectivity index (χ3v) is 3.81. The highest BCUT2D eigenvalue weighted by molar-refractivity contribution is 5.70. The Bertz CT molecular complexity index is 498. The summed E-state index contributed by atoms with van der Waals surface area (Å²) in [5.41, 5.74) is 5.90. The van der Waals surface area contributed by atoms with E-state index >= 15 is 0 Å². The predicted molar refractivity (Wildman–Crippen MR) is 86.8 cm³/mol. The Labute approximate surface area is 124 Å². The lowest BCUT2D eigenvalue weighted by Crippen LogP contribution is -2.31. The minimum absolute atomic E-state index is 0.0540. The lowest BCUT2D eigenvalue weighted by atomic mass is 9.80. The molecule has 1 aliphatic heterocycles. The van der Waals surface area contributed by atoms with Crippen LogP contribution in [0.3, 0.4) is 0 Å². The number of hydrogen-bond acceptors (Lipinski definition) is 1. The average molecular weight is 272 g/mol. The Kier molecular flexibility index (Phi) is 4.11. The molecule has 0 saturated carbocycles. The first-order valence-electron chi connectivity index (χ1n) is 7.58. The zero-order valence-corrected chi connectivity index (χ0v) is 13.8. The Morgan fingerprint density at radius 1 is 1.10 bits per heavy atom. The van der Waals surface area contributed by atoms with E-state index in [2.05, 4.69) is 65.8 Å². The molecule has 1 heteroatoms. The zero-order valence-electron chi connectivity index (χ0n) is 13.8. The molecule has 1 aliphatic rings. The van der Waals surface area contributed by atoms with E-state index in [0.29, 0.717) is 5.41 Å². The van der Waals surface area contributed by atoms with Crippen LogP contribution in [0.15, 0.2) is 29.8 Å². The Hall–Kier alpha value is -1.08. The summed E-state index contributed by atoms with van der Waals surface area (Å²) in [5.74, 6) is 0. The summed E-state index contributed by atoms with van der Waals surface area (Å²) in [5, 5.41) is 0. The number of aryl methyl sites for hydroxylation is 1. The van der Waals surface area contributed by atoms with Gasteiger partial charge in [0.1, 0.15) is 0 Å². The lowest BCUT2D eigenvalue weighted by Gasteiger charge is -2.36. The molecule has 0 saturated heterocycles. The Balaban J connectivity index is 2.41. The number of hydrogen-bond donors (Lipinski definition) is 0. The monoisotopic (exact) mass is 272 g/mol. The molecule has 1 nitrogen and oxygen atoms in total. The van der Waals surface area contributed by atoms with Crippen molar-refractivity contribution < 1.29 is 4.74 Å². The molecule has 1 heterocycles. The van der Waals surface area contributed by atoms with Crippen LogP contribution >= 0.6 is 0 Å². The number of rotatable bonds is 2. The molecular formula is C19H28O. The van der Waals surface area contributed by atoms with Gasteiger partial charge in [0.05, 0.1) is 12.2 Å². The molecule has 0 atom stereocenters. The van der Waals surface area contributed by atoms with E-state index in [1.165, 1.54) is 22.3 Å². The van der Waals surface area contributed by atoms with Crippen molar-refractivity contribution in [3.63, 3.8) is 0 Å². The van der Waals surface area contributed by atoms with Gasteiger partial charge in [-0.05, 0) is 49.3 Å². The van der Waals surface area contributed by atoms with E-state index in [9.17, 15) is 0 Å². The molecule has 0 amide bonds. The molecule has 0 fully saturated rings. The number of benzene rings is 1. The molecule has 0 unspecified atom stereocenters. The van der Waals surface area contributed by atoms with Crippen LogP contribution in [0.1, 0.15) is 58.6 Å². The minimum atomic E-state index is -0.0540. The molecule has 110 valence electrons. The summed E-state index contributed by atoms with van der Waals surface area (Å²) >= 11 is 0. The van der Waals surface area contributed by atoms with Crippen molar-refractivity contribution in [1.29, 1.82) is 0 Å². The summed E-state index contributed by atoms with van der Waals surface area (Å²) in [6.45, 7) is 14.2. The Morgan fingerprint density at radius 3 is 2.25 bits per heavy atom. The van der Waals surface area contributed by atoms with Crippen molar-refractivity contribution in [2.45, 2.75) is 60.0 Å². The first-order valence-corrected chi connectivity index (χ1v) is 7.58. The molecule has 0 N–H and O–H groups in total. The topological polar surface area (TPSA) is 9.23 Å². The largest absolute Gasteiger partial charge is 0.371 e. The molecule has 0 radical (unpaired) electrons. The highest BCUT2D eigenvalue weighted by atomic mass is 16.5. The molecule has 0 bridgehead atoms. The average Bonchev–Trinajstić information content (AvgIpc) is 2.31. The van der Waals surface area contributed by atoms with Crippen LogP contribution in [0, 0.1) is 12.3 Å². The van der Waals surface area contributed by atoms with Crippen LogP contribution in [0.2, 0.25) is 0 Å². The van der Waals surface area contributed by atoms with Gasteiger partial charge >= 0.3 is 0 Å². The van der Waals surface area contributed by atoms with Crippen LogP contribution < -0.4 is 0 Å². The highest BCUT2D eigenvalue weighted by Crippen LogP contribution is 2.39. The quantitative estimate of drug-likeness (QED) is 0.702. The van der Waals surface area contributed by atoms with Gasteiger partial charge in [-0.25, -0.2) is 0 Å². The van der Waals surface area contributed by atoms with Crippen LogP contribution in [-0.4, -0.2) is 12.2 Å². The third kappa shape index (κ3) is 3.96. The van der Waals surface area contributed by atoms with Crippen LogP contribution in [-0.2, 0) is 4.74 Å². The smallest absolute Gasteiger partial charge is 0.0690 e. The van der Waals surface area contributed by atoms with E-state index in [1.54, 1.807) is 0 Å². The normalized spacial score (nSPS) is 19.3. The van der Waals surface area contributed by atoms with E-state index < -0.39 is 0 Å². The van der Waals surface area contributed by atoms with Crippen molar-refractivity contribution in [2.75, 3.05) is 6.61 Å². The van der Waals surface area contributed by atoms with E-state index in [4.69, 9.17) is 4.74 Å². The van der Waals surface area contributed by atoms with Crippen molar-refractivity contribution in [1.82, 2.24) is 0 Å². The molecule has 0 aromatic heterocycles. The summed E-state index contributed by atoms with van der Waals surface area (Å²) in [7, 11) is 0. The maximum Gasteiger partial charge on any atom is 0.0690 e. The second kappa shape index (κ2) is 5.37. The SMILES string of the molecule is Cc1ccc(C2=C(CC(C)(C)C)COC(C)(C)C2)cc1. The van der Waals surface area contributed by atoms with Gasteiger partial charge in [-0.1, -0.05) is 50.6 Å². The van der Waals surface area contributed by atoms with Crippen LogP contribution in [0.4, 0.5) is 0 Å². The van der Waals surface area contributed by atoms with Gasteiger partial charge in [0.2, 0.25) is 0 Å². The summed E-state index contributed by atoms with van der Waals surface area (Å²) in [6.07, 6.45) is 2.10. The third-order valence-electron chi connectivity index (χ3n) is 3.81. The standard InChI is InChI=1S/C19H28O/c1-14-7-9-15(10-8-14)17-12-19(5,6)20-13-16(17)11-18(2,3)4/h7-10H,11-13H2,1-6H3. The lowest BCUT2D eigenvalue weighted by molar-refractivity contribution is -0.0102. The van der Waals surface area contributed by atoms with Crippen molar-refractivity contribution in [3.8, 4) is 0 Å². The molecule has 20 heavy (non-hydrogen) atoms. The van der Waals surface area contributed by atoms with E-state index in [-0.39, 0.29) is 5.60 Å². The Morgan fingerprint density at radius 2 is 1.70 bits per heavy atom. The van der Waals surface area contributed by atoms with Crippen LogP contribution in [0.25, 0.3) is 5.57 Å². The highest BCUT2D eigenvalue weighted by Gasteiger charge is 2.30. The van der Waals surface area contributed by atoms with Crippen molar-refractivity contribution in [2.24, 2.45) is 5.41 Å². The molecular weight excluding hydrogens is 244 g/mol. The van der Waals surface area contributed by atoms with Gasteiger partial charge in [0.15, 0.2) is 0 Å². The molecule has 1 aromatic carbocycles. The molecule has 1 aromatic rings. The van der Waals surface area contributed by atoms with Crippen molar-refractivity contribution in [3.05, 3.63) is 41.0 Å². The van der Waals surface area contributed by atoms with Crippen LogP contribution in [0.5, 0.6) is 0 Å². The van der Waals surface area contributed by atoms with E-state index in [1.807, 2.05) is 0 Å². The zero-order chi connectivity index (χ0) is 15.0. The van der Waals surface area contributed by atoms with Gasteiger partial charge in [-0.2, -0.15) is 0 Å². The van der Waals surface area contributed by atoms with Gasteiger partial charge in [-0.15, -0.1) is 0 Å². The maximum atomic E-state index is 6.04. The first-order chi connectivity index (χ1) is 9.16. The minimum Gasteiger partial charge on any atom is -0.371 e. The van der Waals surface area contributed by atoms with Gasteiger partial charge in [0, 0.05) is 6.42 Å². The predicted octanol–water partition coefficient (Wildman–Crippen LogP) is 5.38. The molecule has 2 rings (SSSR count). The fraction of sp³-hybridized carbons (Fsp3) is 0.579. The van der Waals surface area contributed by atoms with Gasteiger partial charge < -0.3 is 4.74 Å². The fourth-order valence-corrected chi connectivity index (χ4v) is 2.83. The second-order valence-corrected chi connectivity index (χ2v) is 7.91. The number of ether oxygens (including phenoxy) is 1. The summed E-state index contributed by atoms with van der Waals surface area (Å²) in [4.78, 5) is 0. The summed E-state index contributed by atoms with van der Waals surface area (Å²) < 4.78 is 6.04. The summed E-state index contributed by atoms with van der Waals surface area (Å²) in [6, 6.07) is 8.93. The van der Waals surface area contributed by atoms with E-state index in [0.717, 1.165) is 19.4 Å². The van der Waals surface area contributed by atoms with Gasteiger partial charge in [0.25, 0.3) is 0 Å². The molecule has 0 spiro atoms.